The second kappa shape index (κ2) is 10.4. The Hall–Kier alpha value is -2.83. The molecule has 1 unspecified atom stereocenters. The summed E-state index contributed by atoms with van der Waals surface area (Å²) in [4.78, 5) is 4.25. The van der Waals surface area contributed by atoms with Gasteiger partial charge in [-0.3, -0.25) is 0 Å². The second-order valence-corrected chi connectivity index (χ2v) is 9.34. The molecule has 9 heteroatoms. The fourth-order valence-corrected chi connectivity index (χ4v) is 4.39. The number of halogens is 1. The number of hydrogen-bond acceptors (Lipinski definition) is 8. The number of hydrogen-bond donors (Lipinski definition) is 3. The number of nitrogens with one attached hydrogen (secondary N) is 3. The van der Waals surface area contributed by atoms with Gasteiger partial charge >= 0.3 is 0 Å². The van der Waals surface area contributed by atoms with Crippen LogP contribution in [-0.4, -0.2) is 53.6 Å². The average molecular weight is 454 g/mol. The highest BCUT2D eigenvalue weighted by Crippen LogP contribution is 2.44. The van der Waals surface area contributed by atoms with Crippen molar-refractivity contribution in [2.24, 2.45) is 5.41 Å². The van der Waals surface area contributed by atoms with Crippen LogP contribution in [0.1, 0.15) is 45.4 Å². The van der Waals surface area contributed by atoms with Gasteiger partial charge in [0.25, 0.3) is 0 Å². The molecular weight excluding hydrogens is 421 g/mol. The summed E-state index contributed by atoms with van der Waals surface area (Å²) in [5.41, 5.74) is 0.750. The molecular formula is C24H32FN7O. The third kappa shape index (κ3) is 6.15. The summed E-state index contributed by atoms with van der Waals surface area (Å²) in [5, 5.41) is 27.6. The predicted molar refractivity (Wildman–Crippen MR) is 125 cm³/mol. The molecule has 0 aliphatic heterocycles. The van der Waals surface area contributed by atoms with E-state index in [0.29, 0.717) is 54.0 Å². The van der Waals surface area contributed by atoms with Crippen molar-refractivity contribution in [1.82, 2.24) is 20.5 Å². The number of pyridine rings is 1. The van der Waals surface area contributed by atoms with E-state index in [4.69, 9.17) is 4.74 Å². The lowest BCUT2D eigenvalue weighted by Crippen LogP contribution is -2.42. The smallest absolute Gasteiger partial charge is 0.149 e. The quantitative estimate of drug-likeness (QED) is 0.499. The maximum Gasteiger partial charge on any atom is 0.149 e. The van der Waals surface area contributed by atoms with E-state index in [2.05, 4.69) is 44.1 Å². The summed E-state index contributed by atoms with van der Waals surface area (Å²) < 4.78 is 19.8. The Morgan fingerprint density at radius 1 is 1.18 bits per heavy atom. The number of rotatable bonds is 10. The van der Waals surface area contributed by atoms with Crippen molar-refractivity contribution in [3.63, 3.8) is 0 Å². The van der Waals surface area contributed by atoms with Gasteiger partial charge in [0.1, 0.15) is 17.5 Å². The Bertz CT molecular complexity index is 983. The van der Waals surface area contributed by atoms with E-state index in [9.17, 15) is 9.65 Å². The first kappa shape index (κ1) is 23.3. The molecule has 0 amide bonds. The third-order valence-corrected chi connectivity index (χ3v) is 6.54. The summed E-state index contributed by atoms with van der Waals surface area (Å²) in [6.07, 6.45) is 8.78. The Balaban J connectivity index is 1.37. The zero-order valence-corrected chi connectivity index (χ0v) is 19.3. The normalized spacial score (nSPS) is 22.2. The minimum absolute atomic E-state index is 0.299. The molecule has 2 fully saturated rings. The van der Waals surface area contributed by atoms with E-state index < -0.39 is 5.82 Å². The van der Waals surface area contributed by atoms with Crippen molar-refractivity contribution in [3.05, 3.63) is 30.3 Å². The van der Waals surface area contributed by atoms with E-state index in [1.807, 2.05) is 0 Å². The van der Waals surface area contributed by atoms with Crippen LogP contribution in [0.5, 0.6) is 0 Å². The molecule has 0 saturated heterocycles. The molecule has 2 aromatic rings. The summed E-state index contributed by atoms with van der Waals surface area (Å²) in [7, 11) is 1.72. The minimum atomic E-state index is -0.407. The fourth-order valence-electron chi connectivity index (χ4n) is 4.39. The van der Waals surface area contributed by atoms with Crippen molar-refractivity contribution >= 4 is 11.6 Å². The highest BCUT2D eigenvalue weighted by atomic mass is 19.1. The third-order valence-electron chi connectivity index (χ3n) is 6.54. The Morgan fingerprint density at radius 2 is 1.94 bits per heavy atom. The zero-order chi connectivity index (χ0) is 23.3. The first-order chi connectivity index (χ1) is 16.0. The van der Waals surface area contributed by atoms with Crippen LogP contribution in [0, 0.1) is 22.6 Å². The predicted octanol–water partition coefficient (Wildman–Crippen LogP) is 3.74. The monoisotopic (exact) mass is 453 g/mol. The number of aromatic nitrogens is 3. The first-order valence-corrected chi connectivity index (χ1v) is 11.7. The molecule has 0 radical (unpaired) electrons. The van der Waals surface area contributed by atoms with Gasteiger partial charge in [-0.2, -0.15) is 10.4 Å². The van der Waals surface area contributed by atoms with Gasteiger partial charge in [-0.15, -0.1) is 5.10 Å². The Kier molecular flexibility index (Phi) is 7.36. The van der Waals surface area contributed by atoms with Crippen molar-refractivity contribution in [1.29, 1.82) is 5.26 Å². The molecule has 1 atom stereocenters. The molecule has 0 aromatic carbocycles. The van der Waals surface area contributed by atoms with Crippen LogP contribution >= 0.6 is 0 Å². The standard InChI is InChI=1S/C24H32FN7O/c1-16(13-33-2)30-18-3-5-19(6-4-18)31-22-10-20(21(25)12-27-22)17-9-23(32-29-11-17)28-15-24(14-26)7-8-24/h9-12,16,18-19,30H,3-8,13,15H2,1-2H3,(H,27,31)(H,28,32). The number of nitriles is 1. The van der Waals surface area contributed by atoms with Gasteiger partial charge in [0.05, 0.1) is 30.5 Å². The van der Waals surface area contributed by atoms with E-state index in [1.54, 1.807) is 25.4 Å². The van der Waals surface area contributed by atoms with E-state index >= 15 is 0 Å². The highest BCUT2D eigenvalue weighted by molar-refractivity contribution is 5.68. The zero-order valence-electron chi connectivity index (χ0n) is 19.3. The molecule has 176 valence electrons. The second-order valence-electron chi connectivity index (χ2n) is 9.34. The van der Waals surface area contributed by atoms with Gasteiger partial charge < -0.3 is 20.7 Å². The topological polar surface area (TPSA) is 108 Å². The van der Waals surface area contributed by atoms with Crippen LogP contribution in [0.25, 0.3) is 11.1 Å². The maximum absolute atomic E-state index is 14.6. The molecule has 0 spiro atoms. The van der Waals surface area contributed by atoms with Gasteiger partial charge in [-0.1, -0.05) is 0 Å². The summed E-state index contributed by atoms with van der Waals surface area (Å²) >= 11 is 0. The Morgan fingerprint density at radius 3 is 2.64 bits per heavy atom. The van der Waals surface area contributed by atoms with Gasteiger partial charge in [-0.25, -0.2) is 9.37 Å². The number of nitrogens with zero attached hydrogens (tertiary/aromatic N) is 4. The SMILES string of the molecule is COCC(C)NC1CCC(Nc2cc(-c3cnnc(NCC4(C#N)CC4)c3)c(F)cn2)CC1. The van der Waals surface area contributed by atoms with Crippen LogP contribution in [0.2, 0.25) is 0 Å². The van der Waals surface area contributed by atoms with Crippen molar-refractivity contribution < 1.29 is 9.13 Å². The molecule has 3 N–H and O–H groups in total. The highest BCUT2D eigenvalue weighted by Gasteiger charge is 2.43. The average Bonchev–Trinajstić information content (AvgIpc) is 3.61. The van der Waals surface area contributed by atoms with Crippen LogP contribution in [0.4, 0.5) is 16.0 Å². The number of methoxy groups -OCH3 is 1. The van der Waals surface area contributed by atoms with Crippen molar-refractivity contribution in [2.75, 3.05) is 30.9 Å². The molecule has 2 aliphatic carbocycles. The first-order valence-electron chi connectivity index (χ1n) is 11.7. The largest absolute Gasteiger partial charge is 0.383 e. The van der Waals surface area contributed by atoms with E-state index in [0.717, 1.165) is 38.5 Å². The molecule has 2 aromatic heterocycles. The van der Waals surface area contributed by atoms with Gasteiger partial charge in [0, 0.05) is 42.9 Å². The molecule has 33 heavy (non-hydrogen) atoms. The minimum Gasteiger partial charge on any atom is -0.383 e. The van der Waals surface area contributed by atoms with E-state index in [-0.39, 0.29) is 5.41 Å². The number of ether oxygens (including phenoxy) is 1. The van der Waals surface area contributed by atoms with Gasteiger partial charge in [-0.05, 0) is 57.6 Å². The van der Waals surface area contributed by atoms with Crippen LogP contribution in [0.3, 0.4) is 0 Å². The van der Waals surface area contributed by atoms with Gasteiger partial charge in [0.15, 0.2) is 0 Å². The summed E-state index contributed by atoms with van der Waals surface area (Å²) in [5.74, 6) is 0.784. The molecule has 4 rings (SSSR count). The van der Waals surface area contributed by atoms with Crippen LogP contribution in [0.15, 0.2) is 24.5 Å². The molecule has 2 heterocycles. The lowest BCUT2D eigenvalue weighted by Gasteiger charge is -2.31. The van der Waals surface area contributed by atoms with Gasteiger partial charge in [0.2, 0.25) is 0 Å². The molecule has 2 saturated carbocycles. The van der Waals surface area contributed by atoms with Crippen molar-refractivity contribution in [3.8, 4) is 17.2 Å². The van der Waals surface area contributed by atoms with E-state index in [1.165, 1.54) is 6.20 Å². The maximum atomic E-state index is 14.6. The lowest BCUT2D eigenvalue weighted by atomic mass is 9.90. The molecule has 2 aliphatic rings. The Labute approximate surface area is 194 Å². The summed E-state index contributed by atoms with van der Waals surface area (Å²) in [6, 6.07) is 6.99. The fraction of sp³-hybridized carbons (Fsp3) is 0.583. The van der Waals surface area contributed by atoms with Crippen LogP contribution in [-0.2, 0) is 4.74 Å². The molecule has 8 nitrogen and oxygen atoms in total. The molecule has 0 bridgehead atoms. The van der Waals surface area contributed by atoms with Crippen molar-refractivity contribution in [2.45, 2.75) is 63.6 Å². The summed E-state index contributed by atoms with van der Waals surface area (Å²) in [6.45, 7) is 3.37. The lowest BCUT2D eigenvalue weighted by molar-refractivity contribution is 0.161. The number of anilines is 2. The van der Waals surface area contributed by atoms with Crippen LogP contribution < -0.4 is 16.0 Å².